The van der Waals surface area contributed by atoms with Gasteiger partial charge in [-0.15, -0.1) is 5.10 Å². The smallest absolute Gasteiger partial charge is 0.251 e. The van der Waals surface area contributed by atoms with Crippen LogP contribution < -0.4 is 5.32 Å². The fourth-order valence-electron chi connectivity index (χ4n) is 3.58. The number of aromatic nitrogens is 5. The summed E-state index contributed by atoms with van der Waals surface area (Å²) in [6.45, 7) is 0.502. The zero-order valence-electron chi connectivity index (χ0n) is 16.5. The summed E-state index contributed by atoms with van der Waals surface area (Å²) in [6.07, 6.45) is 8.57. The summed E-state index contributed by atoms with van der Waals surface area (Å²) in [5.41, 5.74) is 2.05. The Hall–Kier alpha value is -3.17. The monoisotopic (exact) mass is 408 g/mol. The van der Waals surface area contributed by atoms with Gasteiger partial charge in [-0.05, 0) is 43.5 Å². The van der Waals surface area contributed by atoms with Gasteiger partial charge in [0, 0.05) is 30.7 Å². The predicted octanol–water partition coefficient (Wildman–Crippen LogP) is 1.46. The Morgan fingerprint density at radius 2 is 2.03 bits per heavy atom. The van der Waals surface area contributed by atoms with E-state index in [9.17, 15) is 9.90 Å². The average Bonchev–Trinajstić information content (AvgIpc) is 3.28. The van der Waals surface area contributed by atoms with Crippen LogP contribution in [0.3, 0.4) is 0 Å². The molecule has 9 nitrogen and oxygen atoms in total. The molecule has 1 aliphatic rings. The van der Waals surface area contributed by atoms with Crippen LogP contribution >= 0.6 is 0 Å². The molecule has 0 aliphatic carbocycles. The van der Waals surface area contributed by atoms with Gasteiger partial charge in [0.15, 0.2) is 0 Å². The standard InChI is InChI=1S/C21H24N6O3/c28-14-20-18(24-21(29)15-6-10-22-11-7-15)5-4-16(30-20)8-12-27-13-19(25-26-27)17-3-1-2-9-23-17/h1-3,6-7,9-11,13,16,18,20,28H,4-5,8,12,14H2,(H,24,29)/t16-,18+,20+/m0/s1. The van der Waals surface area contributed by atoms with Crippen LogP contribution in [0, 0.1) is 0 Å². The number of aryl methyl sites for hydroxylation is 1. The minimum atomic E-state index is -0.436. The molecular formula is C21H24N6O3. The highest BCUT2D eigenvalue weighted by Crippen LogP contribution is 2.23. The second kappa shape index (κ2) is 9.55. The van der Waals surface area contributed by atoms with Crippen LogP contribution in [0.2, 0.25) is 0 Å². The lowest BCUT2D eigenvalue weighted by molar-refractivity contribution is -0.0912. The highest BCUT2D eigenvalue weighted by molar-refractivity contribution is 5.94. The van der Waals surface area contributed by atoms with E-state index < -0.39 is 6.10 Å². The van der Waals surface area contributed by atoms with Gasteiger partial charge in [-0.25, -0.2) is 0 Å². The van der Waals surface area contributed by atoms with Crippen molar-refractivity contribution in [1.29, 1.82) is 0 Å². The van der Waals surface area contributed by atoms with Gasteiger partial charge in [0.25, 0.3) is 5.91 Å². The largest absolute Gasteiger partial charge is 0.394 e. The molecule has 3 aromatic rings. The van der Waals surface area contributed by atoms with Crippen molar-refractivity contribution < 1.29 is 14.6 Å². The molecule has 1 amide bonds. The van der Waals surface area contributed by atoms with Crippen LogP contribution in [0.15, 0.2) is 55.1 Å². The molecule has 0 radical (unpaired) electrons. The molecular weight excluding hydrogens is 384 g/mol. The molecule has 0 spiro atoms. The zero-order valence-corrected chi connectivity index (χ0v) is 16.5. The lowest BCUT2D eigenvalue weighted by Crippen LogP contribution is -2.51. The first-order valence-electron chi connectivity index (χ1n) is 10.0. The van der Waals surface area contributed by atoms with E-state index in [2.05, 4.69) is 25.6 Å². The van der Waals surface area contributed by atoms with Crippen molar-refractivity contribution in [3.63, 3.8) is 0 Å². The Labute approximate surface area is 174 Å². The molecule has 1 fully saturated rings. The Kier molecular flexibility index (Phi) is 6.41. The van der Waals surface area contributed by atoms with Gasteiger partial charge in [0.1, 0.15) is 11.8 Å². The molecule has 1 aliphatic heterocycles. The molecule has 156 valence electrons. The number of carbonyl (C=O) groups excluding carboxylic acids is 1. The third-order valence-corrected chi connectivity index (χ3v) is 5.20. The van der Waals surface area contributed by atoms with Crippen molar-refractivity contribution >= 4 is 5.91 Å². The highest BCUT2D eigenvalue weighted by atomic mass is 16.5. The van der Waals surface area contributed by atoms with Gasteiger partial charge >= 0.3 is 0 Å². The number of hydrogen-bond donors (Lipinski definition) is 2. The Bertz CT molecular complexity index is 950. The van der Waals surface area contributed by atoms with E-state index in [0.29, 0.717) is 12.1 Å². The van der Waals surface area contributed by atoms with Crippen molar-refractivity contribution in [3.8, 4) is 11.4 Å². The number of ether oxygens (including phenoxy) is 1. The predicted molar refractivity (Wildman–Crippen MR) is 108 cm³/mol. The Morgan fingerprint density at radius 3 is 2.80 bits per heavy atom. The number of carbonyl (C=O) groups is 1. The quantitative estimate of drug-likeness (QED) is 0.608. The fraction of sp³-hybridized carbons (Fsp3) is 0.381. The summed E-state index contributed by atoms with van der Waals surface area (Å²) in [5.74, 6) is -0.187. The summed E-state index contributed by atoms with van der Waals surface area (Å²) in [5, 5.41) is 21.1. The molecule has 4 heterocycles. The van der Waals surface area contributed by atoms with Crippen molar-refractivity contribution in [2.75, 3.05) is 6.61 Å². The van der Waals surface area contributed by atoms with Crippen LogP contribution in [0.5, 0.6) is 0 Å². The summed E-state index contributed by atoms with van der Waals surface area (Å²) in [4.78, 5) is 20.6. The topological polar surface area (TPSA) is 115 Å². The molecule has 4 rings (SSSR count). The van der Waals surface area contributed by atoms with Gasteiger partial charge in [-0.3, -0.25) is 19.4 Å². The second-order valence-electron chi connectivity index (χ2n) is 7.24. The third-order valence-electron chi connectivity index (χ3n) is 5.20. The normalized spacial score (nSPS) is 21.3. The SMILES string of the molecule is O=C(N[C@@H]1CC[C@@H](CCn2cc(-c3ccccn3)nn2)O[C@@H]1CO)c1ccncc1. The molecule has 3 aromatic heterocycles. The number of rotatable bonds is 7. The van der Waals surface area contributed by atoms with Gasteiger partial charge in [0.2, 0.25) is 0 Å². The van der Waals surface area contributed by atoms with Crippen molar-refractivity contribution in [1.82, 2.24) is 30.3 Å². The van der Waals surface area contributed by atoms with Crippen LogP contribution in [0.25, 0.3) is 11.4 Å². The van der Waals surface area contributed by atoms with Crippen molar-refractivity contribution in [2.24, 2.45) is 0 Å². The second-order valence-corrected chi connectivity index (χ2v) is 7.24. The highest BCUT2D eigenvalue weighted by Gasteiger charge is 2.32. The summed E-state index contributed by atoms with van der Waals surface area (Å²) in [7, 11) is 0. The summed E-state index contributed by atoms with van der Waals surface area (Å²) >= 11 is 0. The van der Waals surface area contributed by atoms with Gasteiger partial charge in [0.05, 0.1) is 30.6 Å². The molecule has 1 saturated heterocycles. The maximum absolute atomic E-state index is 12.4. The lowest BCUT2D eigenvalue weighted by Gasteiger charge is -2.36. The van der Waals surface area contributed by atoms with Crippen LogP contribution in [-0.4, -0.2) is 60.8 Å². The number of nitrogens with one attached hydrogen (secondary N) is 1. The molecule has 0 bridgehead atoms. The average molecular weight is 408 g/mol. The maximum Gasteiger partial charge on any atom is 0.251 e. The molecule has 0 aromatic carbocycles. The first-order valence-corrected chi connectivity index (χ1v) is 10.0. The fourth-order valence-corrected chi connectivity index (χ4v) is 3.58. The van der Waals surface area contributed by atoms with E-state index in [0.717, 1.165) is 30.7 Å². The van der Waals surface area contributed by atoms with E-state index >= 15 is 0 Å². The summed E-state index contributed by atoms with van der Waals surface area (Å²) < 4.78 is 7.82. The van der Waals surface area contributed by atoms with E-state index in [-0.39, 0.29) is 24.7 Å². The van der Waals surface area contributed by atoms with Gasteiger partial charge < -0.3 is 15.2 Å². The minimum absolute atomic E-state index is 0.0151. The molecule has 0 saturated carbocycles. The Morgan fingerprint density at radius 1 is 1.17 bits per heavy atom. The number of aliphatic hydroxyl groups excluding tert-OH is 1. The van der Waals surface area contributed by atoms with E-state index in [1.807, 2.05) is 24.4 Å². The number of pyridine rings is 2. The van der Waals surface area contributed by atoms with Crippen LogP contribution in [0.1, 0.15) is 29.6 Å². The van der Waals surface area contributed by atoms with Crippen molar-refractivity contribution in [2.45, 2.75) is 44.1 Å². The molecule has 2 N–H and O–H groups in total. The van der Waals surface area contributed by atoms with Gasteiger partial charge in [-0.1, -0.05) is 11.3 Å². The molecule has 0 unspecified atom stereocenters. The zero-order chi connectivity index (χ0) is 20.8. The first-order chi connectivity index (χ1) is 14.7. The lowest BCUT2D eigenvalue weighted by atomic mass is 9.97. The van der Waals surface area contributed by atoms with E-state index in [4.69, 9.17) is 4.74 Å². The molecule has 9 heteroatoms. The minimum Gasteiger partial charge on any atom is -0.394 e. The van der Waals surface area contributed by atoms with E-state index in [1.165, 1.54) is 0 Å². The van der Waals surface area contributed by atoms with Crippen molar-refractivity contribution in [3.05, 3.63) is 60.7 Å². The molecule has 30 heavy (non-hydrogen) atoms. The first kappa shape index (κ1) is 20.1. The van der Waals surface area contributed by atoms with E-state index in [1.54, 1.807) is 35.4 Å². The maximum atomic E-state index is 12.4. The number of hydrogen-bond acceptors (Lipinski definition) is 7. The molecule has 3 atom stereocenters. The van der Waals surface area contributed by atoms with Crippen LogP contribution in [-0.2, 0) is 11.3 Å². The van der Waals surface area contributed by atoms with Gasteiger partial charge in [-0.2, -0.15) is 0 Å². The number of aliphatic hydroxyl groups is 1. The summed E-state index contributed by atoms with van der Waals surface area (Å²) in [6, 6.07) is 8.76. The number of nitrogens with zero attached hydrogens (tertiary/aromatic N) is 5. The third kappa shape index (κ3) is 4.87. The van der Waals surface area contributed by atoms with Crippen LogP contribution in [0.4, 0.5) is 0 Å². The number of amides is 1. The Balaban J connectivity index is 1.29.